The van der Waals surface area contributed by atoms with Crippen molar-refractivity contribution in [3.63, 3.8) is 0 Å². The molecule has 2 rings (SSSR count). The maximum Gasteiger partial charge on any atom is 0.311 e. The van der Waals surface area contributed by atoms with Gasteiger partial charge in [0.05, 0.1) is 11.1 Å². The van der Waals surface area contributed by atoms with E-state index in [0.717, 1.165) is 18.3 Å². The van der Waals surface area contributed by atoms with Gasteiger partial charge in [-0.2, -0.15) is 5.10 Å². The van der Waals surface area contributed by atoms with Crippen molar-refractivity contribution >= 4 is 29.4 Å². The number of phenolic OH excluding ortho intramolecular Hbond substituents is 2. The number of halogens is 1. The molecule has 0 fully saturated rings. The minimum atomic E-state index is -0.807. The highest BCUT2D eigenvalue weighted by atomic mass is 35.5. The molecule has 8 nitrogen and oxygen atoms in total. The number of carbonyl (C=O) groups is 1. The Hall–Kier alpha value is -3.13. The molecular weight excluding hydrogens is 326 g/mol. The molecule has 0 saturated carbocycles. The number of hydrogen-bond donors (Lipinski definition) is 3. The number of aromatic hydroxyl groups is 2. The van der Waals surface area contributed by atoms with Gasteiger partial charge in [0.1, 0.15) is 5.75 Å². The molecule has 2 aromatic carbocycles. The largest absolute Gasteiger partial charge is 0.507 e. The van der Waals surface area contributed by atoms with Gasteiger partial charge < -0.3 is 10.2 Å². The standard InChI is InChI=1S/C14H10ClN3O5/c15-10-3-1-8(2-4-10)14(21)17-16-7-9-5-11(18(22)23)13(20)6-12(9)19/h1-7,19-20H,(H,17,21)/b16-7-. The van der Waals surface area contributed by atoms with E-state index in [9.17, 15) is 25.1 Å². The van der Waals surface area contributed by atoms with Crippen LogP contribution in [0.15, 0.2) is 41.5 Å². The zero-order valence-corrected chi connectivity index (χ0v) is 12.2. The summed E-state index contributed by atoms with van der Waals surface area (Å²) in [7, 11) is 0. The number of hydrogen-bond acceptors (Lipinski definition) is 6. The Morgan fingerprint density at radius 2 is 1.87 bits per heavy atom. The molecular formula is C14H10ClN3O5. The average molecular weight is 336 g/mol. The molecule has 0 spiro atoms. The summed E-state index contributed by atoms with van der Waals surface area (Å²) in [5.41, 5.74) is 1.89. The molecule has 118 valence electrons. The molecule has 9 heteroatoms. The monoisotopic (exact) mass is 335 g/mol. The number of amides is 1. The Morgan fingerprint density at radius 1 is 1.22 bits per heavy atom. The summed E-state index contributed by atoms with van der Waals surface area (Å²) in [5.74, 6) is -1.61. The number of nitro benzene ring substituents is 1. The van der Waals surface area contributed by atoms with Crippen molar-refractivity contribution in [1.82, 2.24) is 5.43 Å². The summed E-state index contributed by atoms with van der Waals surface area (Å²) >= 11 is 5.71. The van der Waals surface area contributed by atoms with Gasteiger partial charge in [0.2, 0.25) is 0 Å². The van der Waals surface area contributed by atoms with E-state index >= 15 is 0 Å². The molecule has 0 aliphatic rings. The van der Waals surface area contributed by atoms with E-state index in [1.165, 1.54) is 24.3 Å². The minimum absolute atomic E-state index is 0.0362. The highest BCUT2D eigenvalue weighted by molar-refractivity contribution is 6.30. The number of nitrogens with one attached hydrogen (secondary N) is 1. The number of carbonyl (C=O) groups excluding carboxylic acids is 1. The van der Waals surface area contributed by atoms with Crippen LogP contribution in [0.2, 0.25) is 5.02 Å². The van der Waals surface area contributed by atoms with Crippen LogP contribution in [0.4, 0.5) is 5.69 Å². The molecule has 0 atom stereocenters. The molecule has 23 heavy (non-hydrogen) atoms. The number of phenols is 2. The van der Waals surface area contributed by atoms with Crippen LogP contribution >= 0.6 is 11.6 Å². The maximum absolute atomic E-state index is 11.8. The van der Waals surface area contributed by atoms with Crippen molar-refractivity contribution in [3.8, 4) is 11.5 Å². The van der Waals surface area contributed by atoms with Crippen molar-refractivity contribution in [1.29, 1.82) is 0 Å². The number of hydrazone groups is 1. The molecule has 1 amide bonds. The third kappa shape index (κ3) is 3.95. The quantitative estimate of drug-likeness (QED) is 0.449. The summed E-state index contributed by atoms with van der Waals surface area (Å²) < 4.78 is 0. The fourth-order valence-electron chi connectivity index (χ4n) is 1.66. The molecule has 0 aliphatic carbocycles. The van der Waals surface area contributed by atoms with Crippen molar-refractivity contribution in [2.75, 3.05) is 0 Å². The van der Waals surface area contributed by atoms with Crippen LogP contribution in [0, 0.1) is 10.1 Å². The van der Waals surface area contributed by atoms with Crippen molar-refractivity contribution < 1.29 is 19.9 Å². The lowest BCUT2D eigenvalue weighted by molar-refractivity contribution is -0.385. The number of nitro groups is 1. The summed E-state index contributed by atoms with van der Waals surface area (Å²) in [5, 5.41) is 33.8. The molecule has 0 aliphatic heterocycles. The Morgan fingerprint density at radius 3 is 2.48 bits per heavy atom. The Balaban J connectivity index is 2.14. The molecule has 0 saturated heterocycles. The fraction of sp³-hybridized carbons (Fsp3) is 0. The van der Waals surface area contributed by atoms with Crippen LogP contribution < -0.4 is 5.43 Å². The lowest BCUT2D eigenvalue weighted by Gasteiger charge is -2.02. The molecule has 0 radical (unpaired) electrons. The number of benzene rings is 2. The van der Waals surface area contributed by atoms with E-state index in [4.69, 9.17) is 11.6 Å². The first kappa shape index (κ1) is 16.2. The van der Waals surface area contributed by atoms with Gasteiger partial charge >= 0.3 is 5.69 Å². The van der Waals surface area contributed by atoms with Gasteiger partial charge in [-0.05, 0) is 24.3 Å². The molecule has 0 heterocycles. The summed E-state index contributed by atoms with van der Waals surface area (Å²) in [6.07, 6.45) is 1.02. The van der Waals surface area contributed by atoms with Crippen molar-refractivity contribution in [2.45, 2.75) is 0 Å². The third-order valence-corrected chi connectivity index (χ3v) is 3.05. The van der Waals surface area contributed by atoms with E-state index in [-0.39, 0.29) is 5.56 Å². The second-order valence-corrected chi connectivity index (χ2v) is 4.80. The lowest BCUT2D eigenvalue weighted by Crippen LogP contribution is -2.17. The zero-order chi connectivity index (χ0) is 17.0. The van der Waals surface area contributed by atoms with Crippen LogP contribution in [0.25, 0.3) is 0 Å². The SMILES string of the molecule is O=C(N/N=C\c1cc([N+](=O)[O-])c(O)cc1O)c1ccc(Cl)cc1. The van der Waals surface area contributed by atoms with Crippen LogP contribution in [-0.2, 0) is 0 Å². The van der Waals surface area contributed by atoms with Gasteiger partial charge in [-0.15, -0.1) is 0 Å². The average Bonchev–Trinajstić information content (AvgIpc) is 2.49. The van der Waals surface area contributed by atoms with Gasteiger partial charge in [-0.3, -0.25) is 14.9 Å². The highest BCUT2D eigenvalue weighted by Crippen LogP contribution is 2.31. The van der Waals surface area contributed by atoms with E-state index in [0.29, 0.717) is 10.6 Å². The Kier molecular flexibility index (Phi) is 4.77. The molecule has 2 aromatic rings. The minimum Gasteiger partial charge on any atom is -0.507 e. The van der Waals surface area contributed by atoms with E-state index in [1.54, 1.807) is 0 Å². The maximum atomic E-state index is 11.8. The van der Waals surface area contributed by atoms with Gasteiger partial charge in [0, 0.05) is 28.3 Å². The van der Waals surface area contributed by atoms with E-state index in [1.807, 2.05) is 0 Å². The summed E-state index contributed by atoms with van der Waals surface area (Å²) in [4.78, 5) is 21.7. The van der Waals surface area contributed by atoms with Crippen LogP contribution in [0.3, 0.4) is 0 Å². The van der Waals surface area contributed by atoms with Gasteiger partial charge in [0.25, 0.3) is 5.91 Å². The zero-order valence-electron chi connectivity index (χ0n) is 11.4. The summed E-state index contributed by atoms with van der Waals surface area (Å²) in [6, 6.07) is 7.82. The second-order valence-electron chi connectivity index (χ2n) is 4.36. The molecule has 0 aromatic heterocycles. The van der Waals surface area contributed by atoms with Crippen LogP contribution in [0.5, 0.6) is 11.5 Å². The summed E-state index contributed by atoms with van der Waals surface area (Å²) in [6.45, 7) is 0. The van der Waals surface area contributed by atoms with E-state index in [2.05, 4.69) is 10.5 Å². The molecule has 0 bridgehead atoms. The smallest absolute Gasteiger partial charge is 0.311 e. The van der Waals surface area contributed by atoms with Gasteiger partial charge in [-0.1, -0.05) is 11.6 Å². The van der Waals surface area contributed by atoms with Crippen LogP contribution in [-0.4, -0.2) is 27.3 Å². The Labute approximate surface area is 134 Å². The lowest BCUT2D eigenvalue weighted by atomic mass is 10.2. The van der Waals surface area contributed by atoms with Crippen LogP contribution in [0.1, 0.15) is 15.9 Å². The first-order valence-corrected chi connectivity index (χ1v) is 6.55. The predicted molar refractivity (Wildman–Crippen MR) is 82.9 cm³/mol. The van der Waals surface area contributed by atoms with Gasteiger partial charge in [-0.25, -0.2) is 5.43 Å². The van der Waals surface area contributed by atoms with E-state index < -0.39 is 28.0 Å². The van der Waals surface area contributed by atoms with Gasteiger partial charge in [0.15, 0.2) is 5.75 Å². The Bertz CT molecular complexity index is 790. The highest BCUT2D eigenvalue weighted by Gasteiger charge is 2.16. The first-order valence-electron chi connectivity index (χ1n) is 6.18. The second kappa shape index (κ2) is 6.75. The van der Waals surface area contributed by atoms with Crippen molar-refractivity contribution in [2.24, 2.45) is 5.10 Å². The first-order chi connectivity index (χ1) is 10.9. The fourth-order valence-corrected chi connectivity index (χ4v) is 1.78. The normalized spacial score (nSPS) is 10.7. The van der Waals surface area contributed by atoms with Crippen molar-refractivity contribution in [3.05, 3.63) is 62.7 Å². The number of nitrogens with zero attached hydrogens (tertiary/aromatic N) is 2. The molecule has 0 unspecified atom stereocenters. The third-order valence-electron chi connectivity index (χ3n) is 2.80. The number of rotatable bonds is 4. The predicted octanol–water partition coefficient (Wildman–Crippen LogP) is 2.42. The topological polar surface area (TPSA) is 125 Å². The molecule has 3 N–H and O–H groups in total.